The van der Waals surface area contributed by atoms with Crippen molar-refractivity contribution >= 4 is 37.1 Å². The SMILES string of the molecule is CC(C)[C@@H]([C@H]1CCC[C@@H]1P(c1ccccc1)c1ccccc1)P(c1ccccc1)c1ccccc1. The maximum absolute atomic E-state index is 2.48. The Hall–Kier alpha value is -2.26. The molecule has 178 valence electrons. The minimum Gasteiger partial charge on any atom is -0.0622 e. The molecule has 4 aromatic rings. The molecule has 0 aliphatic heterocycles. The largest absolute Gasteiger partial charge is 0.0622 e. The van der Waals surface area contributed by atoms with Crippen molar-refractivity contribution in [1.29, 1.82) is 0 Å². The predicted octanol–water partition coefficient (Wildman–Crippen LogP) is 7.45. The van der Waals surface area contributed by atoms with Gasteiger partial charge in [-0.3, -0.25) is 0 Å². The lowest BCUT2D eigenvalue weighted by Crippen LogP contribution is -2.37. The summed E-state index contributed by atoms with van der Waals surface area (Å²) < 4.78 is 0. The molecule has 5 rings (SSSR count). The van der Waals surface area contributed by atoms with E-state index in [4.69, 9.17) is 0 Å². The zero-order valence-corrected chi connectivity index (χ0v) is 22.7. The highest BCUT2D eigenvalue weighted by atomic mass is 31.1. The summed E-state index contributed by atoms with van der Waals surface area (Å²) >= 11 is 0. The van der Waals surface area contributed by atoms with Gasteiger partial charge in [-0.15, -0.1) is 0 Å². The molecule has 0 unspecified atom stereocenters. The summed E-state index contributed by atoms with van der Waals surface area (Å²) in [5, 5.41) is 6.14. The minimum atomic E-state index is -0.444. The summed E-state index contributed by atoms with van der Waals surface area (Å²) in [7, 11) is -0.844. The Balaban J connectivity index is 1.60. The van der Waals surface area contributed by atoms with Gasteiger partial charge in [-0.2, -0.15) is 0 Å². The van der Waals surface area contributed by atoms with Crippen molar-refractivity contribution in [2.24, 2.45) is 11.8 Å². The van der Waals surface area contributed by atoms with Gasteiger partial charge >= 0.3 is 0 Å². The molecule has 3 atom stereocenters. The fourth-order valence-corrected chi connectivity index (χ4v) is 12.7. The van der Waals surface area contributed by atoms with Crippen LogP contribution in [0.25, 0.3) is 0 Å². The highest BCUT2D eigenvalue weighted by Gasteiger charge is 2.43. The second kappa shape index (κ2) is 11.6. The molecule has 0 bridgehead atoms. The molecule has 0 aromatic heterocycles. The van der Waals surface area contributed by atoms with Crippen LogP contribution in [0.2, 0.25) is 0 Å². The molecule has 2 heteroatoms. The van der Waals surface area contributed by atoms with E-state index in [1.54, 1.807) is 0 Å². The maximum atomic E-state index is 2.48. The van der Waals surface area contributed by atoms with E-state index in [0.717, 1.165) is 11.6 Å². The molecular weight excluding hydrogens is 458 g/mol. The van der Waals surface area contributed by atoms with E-state index in [1.165, 1.54) is 40.5 Å². The standard InChI is InChI=1S/C33H36P2/c1-26(2)33(35(29-20-11-5-12-21-29)30-22-13-6-14-23-30)31-24-15-25-32(31)34(27-16-7-3-8-17-27)28-18-9-4-10-19-28/h3-14,16-23,26,31-33H,15,24-25H2,1-2H3/t31-,32-,33-/m0/s1. The van der Waals surface area contributed by atoms with Crippen LogP contribution in [0.15, 0.2) is 121 Å². The van der Waals surface area contributed by atoms with Crippen molar-refractivity contribution in [3.63, 3.8) is 0 Å². The molecule has 35 heavy (non-hydrogen) atoms. The number of hydrogen-bond donors (Lipinski definition) is 0. The van der Waals surface area contributed by atoms with E-state index in [2.05, 4.69) is 135 Å². The van der Waals surface area contributed by atoms with E-state index in [0.29, 0.717) is 11.6 Å². The summed E-state index contributed by atoms with van der Waals surface area (Å²) in [4.78, 5) is 0. The van der Waals surface area contributed by atoms with Crippen molar-refractivity contribution in [3.05, 3.63) is 121 Å². The van der Waals surface area contributed by atoms with Crippen molar-refractivity contribution in [2.75, 3.05) is 0 Å². The third-order valence-corrected chi connectivity index (χ3v) is 13.7. The van der Waals surface area contributed by atoms with E-state index in [1.807, 2.05) is 0 Å². The summed E-state index contributed by atoms with van der Waals surface area (Å²) in [6, 6.07) is 45.6. The Morgan fingerprint density at radius 2 is 0.943 bits per heavy atom. The summed E-state index contributed by atoms with van der Waals surface area (Å²) in [5.74, 6) is 1.36. The van der Waals surface area contributed by atoms with Gasteiger partial charge in [-0.05, 0) is 73.1 Å². The molecule has 1 fully saturated rings. The summed E-state index contributed by atoms with van der Waals surface area (Å²) in [6.45, 7) is 4.96. The van der Waals surface area contributed by atoms with Gasteiger partial charge in [-0.1, -0.05) is 142 Å². The summed E-state index contributed by atoms with van der Waals surface area (Å²) in [5.41, 5.74) is 1.39. The maximum Gasteiger partial charge on any atom is -0.00712 e. The third-order valence-electron chi connectivity index (χ3n) is 7.42. The van der Waals surface area contributed by atoms with Crippen LogP contribution in [0.5, 0.6) is 0 Å². The Kier molecular flexibility index (Phi) is 8.13. The van der Waals surface area contributed by atoms with Gasteiger partial charge in [-0.25, -0.2) is 0 Å². The first kappa shape index (κ1) is 24.4. The molecule has 0 spiro atoms. The van der Waals surface area contributed by atoms with Crippen LogP contribution >= 0.6 is 15.8 Å². The molecule has 4 aromatic carbocycles. The Morgan fingerprint density at radius 3 is 1.34 bits per heavy atom. The third kappa shape index (κ3) is 5.45. The zero-order valence-electron chi connectivity index (χ0n) is 20.9. The van der Waals surface area contributed by atoms with Gasteiger partial charge in [0.2, 0.25) is 0 Å². The second-order valence-electron chi connectivity index (χ2n) is 9.98. The van der Waals surface area contributed by atoms with Gasteiger partial charge in [0.15, 0.2) is 0 Å². The minimum absolute atomic E-state index is 0.401. The molecule has 1 aliphatic carbocycles. The molecule has 0 N–H and O–H groups in total. The normalized spacial score (nSPS) is 18.9. The molecule has 0 saturated heterocycles. The van der Waals surface area contributed by atoms with E-state index in [9.17, 15) is 0 Å². The van der Waals surface area contributed by atoms with E-state index >= 15 is 0 Å². The van der Waals surface area contributed by atoms with Crippen molar-refractivity contribution in [1.82, 2.24) is 0 Å². The van der Waals surface area contributed by atoms with Gasteiger partial charge in [0, 0.05) is 0 Å². The first-order valence-electron chi connectivity index (χ1n) is 13.0. The molecule has 1 saturated carbocycles. The van der Waals surface area contributed by atoms with Crippen LogP contribution in [-0.2, 0) is 0 Å². The van der Waals surface area contributed by atoms with Gasteiger partial charge in [0.25, 0.3) is 0 Å². The fourth-order valence-electron chi connectivity index (χ4n) is 6.05. The molecule has 0 heterocycles. The van der Waals surface area contributed by atoms with Crippen LogP contribution in [0, 0.1) is 11.8 Å². The first-order chi connectivity index (χ1) is 17.2. The molecule has 1 aliphatic rings. The van der Waals surface area contributed by atoms with Crippen LogP contribution in [0.4, 0.5) is 0 Å². The monoisotopic (exact) mass is 494 g/mol. The first-order valence-corrected chi connectivity index (χ1v) is 15.8. The predicted molar refractivity (Wildman–Crippen MR) is 158 cm³/mol. The molecule has 0 amide bonds. The van der Waals surface area contributed by atoms with Gasteiger partial charge in [0.05, 0.1) is 0 Å². The van der Waals surface area contributed by atoms with Crippen LogP contribution < -0.4 is 21.2 Å². The van der Waals surface area contributed by atoms with Gasteiger partial charge < -0.3 is 0 Å². The average Bonchev–Trinajstić information content (AvgIpc) is 3.38. The lowest BCUT2D eigenvalue weighted by atomic mass is 9.94. The molecule has 0 nitrogen and oxygen atoms in total. The van der Waals surface area contributed by atoms with Crippen LogP contribution in [0.3, 0.4) is 0 Å². The topological polar surface area (TPSA) is 0 Å². The van der Waals surface area contributed by atoms with Crippen molar-refractivity contribution in [2.45, 2.75) is 44.4 Å². The van der Waals surface area contributed by atoms with Gasteiger partial charge in [0.1, 0.15) is 0 Å². The smallest absolute Gasteiger partial charge is 0.00712 e. The number of hydrogen-bond acceptors (Lipinski definition) is 0. The lowest BCUT2D eigenvalue weighted by molar-refractivity contribution is 0.437. The lowest BCUT2D eigenvalue weighted by Gasteiger charge is -2.41. The van der Waals surface area contributed by atoms with Crippen LogP contribution in [-0.4, -0.2) is 11.3 Å². The Labute approximate surface area is 214 Å². The van der Waals surface area contributed by atoms with E-state index in [-0.39, 0.29) is 0 Å². The fraction of sp³-hybridized carbons (Fsp3) is 0.273. The highest BCUT2D eigenvalue weighted by Crippen LogP contribution is 2.58. The molecular formula is C33H36P2. The Morgan fingerprint density at radius 1 is 0.543 bits per heavy atom. The van der Waals surface area contributed by atoms with Crippen molar-refractivity contribution in [3.8, 4) is 0 Å². The Bertz CT molecular complexity index is 1080. The van der Waals surface area contributed by atoms with Crippen LogP contribution in [0.1, 0.15) is 33.1 Å². The number of benzene rings is 4. The summed E-state index contributed by atoms with van der Waals surface area (Å²) in [6.07, 6.45) is 4.05. The highest BCUT2D eigenvalue weighted by molar-refractivity contribution is 7.74. The molecule has 0 radical (unpaired) electrons. The average molecular weight is 495 g/mol. The number of rotatable bonds is 8. The van der Waals surface area contributed by atoms with E-state index < -0.39 is 15.8 Å². The van der Waals surface area contributed by atoms with Crippen molar-refractivity contribution < 1.29 is 0 Å². The zero-order chi connectivity index (χ0) is 24.0. The second-order valence-corrected chi connectivity index (χ2v) is 14.8. The quantitative estimate of drug-likeness (QED) is 0.223.